The molecule has 0 aliphatic carbocycles. The number of nitrogens with one attached hydrogen (secondary N) is 1. The van der Waals surface area contributed by atoms with Crippen molar-refractivity contribution < 1.29 is 9.84 Å². The van der Waals surface area contributed by atoms with Gasteiger partial charge in [-0.3, -0.25) is 0 Å². The molecule has 0 bridgehead atoms. The van der Waals surface area contributed by atoms with E-state index in [4.69, 9.17) is 16.3 Å². The number of anilines is 1. The molecule has 0 saturated carbocycles. The molecule has 2 aromatic carbocycles. The van der Waals surface area contributed by atoms with E-state index in [2.05, 4.69) is 21.2 Å². The van der Waals surface area contributed by atoms with Crippen molar-refractivity contribution in [2.24, 2.45) is 0 Å². The third kappa shape index (κ3) is 4.45. The fraction of sp³-hybridized carbons (Fsp3) is 0.250. The predicted molar refractivity (Wildman–Crippen MR) is 89.8 cm³/mol. The number of rotatable bonds is 6. The summed E-state index contributed by atoms with van der Waals surface area (Å²) in [4.78, 5) is 0. The molecule has 2 rings (SSSR count). The molecule has 0 aromatic heterocycles. The van der Waals surface area contributed by atoms with Gasteiger partial charge in [0.05, 0.1) is 24.3 Å². The van der Waals surface area contributed by atoms with Gasteiger partial charge in [0.25, 0.3) is 0 Å². The lowest BCUT2D eigenvalue weighted by Gasteiger charge is -2.19. The molecule has 0 spiro atoms. The first-order valence-electron chi connectivity index (χ1n) is 6.54. The van der Waals surface area contributed by atoms with Crippen molar-refractivity contribution >= 4 is 33.2 Å². The Kier molecular flexibility index (Phi) is 6.06. The Labute approximate surface area is 138 Å². The zero-order valence-corrected chi connectivity index (χ0v) is 14.0. The van der Waals surface area contributed by atoms with Crippen molar-refractivity contribution in [1.29, 1.82) is 0 Å². The van der Waals surface area contributed by atoms with Crippen molar-refractivity contribution in [3.05, 3.63) is 63.1 Å². The molecule has 5 heteroatoms. The van der Waals surface area contributed by atoms with E-state index < -0.39 is 0 Å². The number of halogens is 2. The minimum absolute atomic E-state index is 0.00384. The highest BCUT2D eigenvalue weighted by Crippen LogP contribution is 2.28. The summed E-state index contributed by atoms with van der Waals surface area (Å²) < 4.78 is 5.91. The monoisotopic (exact) mass is 369 g/mol. The van der Waals surface area contributed by atoms with Gasteiger partial charge in [0.1, 0.15) is 0 Å². The van der Waals surface area contributed by atoms with Gasteiger partial charge in [-0.15, -0.1) is 0 Å². The van der Waals surface area contributed by atoms with Gasteiger partial charge in [-0.1, -0.05) is 35.9 Å². The van der Waals surface area contributed by atoms with Gasteiger partial charge < -0.3 is 15.2 Å². The second-order valence-electron chi connectivity index (χ2n) is 4.68. The van der Waals surface area contributed by atoms with Gasteiger partial charge in [-0.25, -0.2) is 0 Å². The lowest BCUT2D eigenvalue weighted by molar-refractivity contribution is 0.185. The summed E-state index contributed by atoms with van der Waals surface area (Å²) >= 11 is 9.37. The number of methoxy groups -OCH3 is 1. The van der Waals surface area contributed by atoms with Crippen LogP contribution in [0.4, 0.5) is 5.69 Å². The maximum atomic E-state index is 9.61. The highest BCUT2D eigenvalue weighted by molar-refractivity contribution is 9.10. The first kappa shape index (κ1) is 16.3. The minimum atomic E-state index is -0.172. The summed E-state index contributed by atoms with van der Waals surface area (Å²) in [6.07, 6.45) is 0. The molecule has 0 saturated heterocycles. The molecule has 3 nitrogen and oxygen atoms in total. The van der Waals surface area contributed by atoms with Crippen LogP contribution in [-0.2, 0) is 11.3 Å². The van der Waals surface area contributed by atoms with Crippen molar-refractivity contribution in [2.75, 3.05) is 19.0 Å². The first-order valence-corrected chi connectivity index (χ1v) is 7.71. The second-order valence-corrected chi connectivity index (χ2v) is 5.94. The SMILES string of the molecule is COCc1ccc(C(CO)Nc2ccc(Cl)c(Br)c2)cc1. The van der Waals surface area contributed by atoms with Crippen LogP contribution in [0.1, 0.15) is 17.2 Å². The lowest BCUT2D eigenvalue weighted by atomic mass is 10.1. The molecule has 112 valence electrons. The van der Waals surface area contributed by atoms with Gasteiger partial charge in [0, 0.05) is 17.3 Å². The quantitative estimate of drug-likeness (QED) is 0.792. The van der Waals surface area contributed by atoms with Crippen molar-refractivity contribution in [2.45, 2.75) is 12.6 Å². The molecule has 0 aliphatic rings. The fourth-order valence-electron chi connectivity index (χ4n) is 2.03. The van der Waals surface area contributed by atoms with Crippen LogP contribution in [0.5, 0.6) is 0 Å². The van der Waals surface area contributed by atoms with Crippen LogP contribution < -0.4 is 5.32 Å². The number of aliphatic hydroxyl groups excluding tert-OH is 1. The summed E-state index contributed by atoms with van der Waals surface area (Å²) in [6.45, 7) is 0.589. The van der Waals surface area contributed by atoms with E-state index >= 15 is 0 Å². The van der Waals surface area contributed by atoms with Crippen molar-refractivity contribution in [1.82, 2.24) is 0 Å². The average Bonchev–Trinajstić information content (AvgIpc) is 2.50. The van der Waals surface area contributed by atoms with E-state index in [1.165, 1.54) is 0 Å². The Morgan fingerprint density at radius 2 is 1.95 bits per heavy atom. The molecule has 0 heterocycles. The molecule has 21 heavy (non-hydrogen) atoms. The largest absolute Gasteiger partial charge is 0.394 e. The van der Waals surface area contributed by atoms with Gasteiger partial charge in [0.15, 0.2) is 0 Å². The summed E-state index contributed by atoms with van der Waals surface area (Å²) in [5.74, 6) is 0. The van der Waals surface area contributed by atoms with Crippen LogP contribution in [0.25, 0.3) is 0 Å². The summed E-state index contributed by atoms with van der Waals surface area (Å²) in [5.41, 5.74) is 3.02. The van der Waals surface area contributed by atoms with Crippen LogP contribution in [0.15, 0.2) is 46.9 Å². The smallest absolute Gasteiger partial charge is 0.0745 e. The van der Waals surface area contributed by atoms with Crippen LogP contribution in [0.3, 0.4) is 0 Å². The molecular formula is C16H17BrClNO2. The summed E-state index contributed by atoms with van der Waals surface area (Å²) in [5, 5.41) is 13.6. The topological polar surface area (TPSA) is 41.5 Å². The third-order valence-corrected chi connectivity index (χ3v) is 4.35. The van der Waals surface area contributed by atoms with Gasteiger partial charge in [-0.2, -0.15) is 0 Å². The van der Waals surface area contributed by atoms with E-state index in [9.17, 15) is 5.11 Å². The summed E-state index contributed by atoms with van der Waals surface area (Å²) in [7, 11) is 1.67. The van der Waals surface area contributed by atoms with E-state index in [0.717, 1.165) is 21.3 Å². The van der Waals surface area contributed by atoms with Crippen LogP contribution in [-0.4, -0.2) is 18.8 Å². The zero-order chi connectivity index (χ0) is 15.2. The molecule has 2 aromatic rings. The predicted octanol–water partition coefficient (Wildman–Crippen LogP) is 4.39. The minimum Gasteiger partial charge on any atom is -0.394 e. The highest BCUT2D eigenvalue weighted by Gasteiger charge is 2.11. The number of hydrogen-bond acceptors (Lipinski definition) is 3. The molecule has 0 amide bonds. The average molecular weight is 371 g/mol. The maximum Gasteiger partial charge on any atom is 0.0745 e. The van der Waals surface area contributed by atoms with E-state index in [0.29, 0.717) is 11.6 Å². The molecule has 0 fully saturated rings. The Balaban J connectivity index is 2.13. The van der Waals surface area contributed by atoms with E-state index in [1.807, 2.05) is 42.5 Å². The Morgan fingerprint density at radius 3 is 2.52 bits per heavy atom. The third-order valence-electron chi connectivity index (χ3n) is 3.14. The van der Waals surface area contributed by atoms with Crippen molar-refractivity contribution in [3.8, 4) is 0 Å². The lowest BCUT2D eigenvalue weighted by Crippen LogP contribution is -2.14. The second kappa shape index (κ2) is 7.80. The number of benzene rings is 2. The highest BCUT2D eigenvalue weighted by atomic mass is 79.9. The van der Waals surface area contributed by atoms with E-state index in [1.54, 1.807) is 7.11 Å². The molecule has 0 radical (unpaired) electrons. The van der Waals surface area contributed by atoms with Crippen LogP contribution in [0.2, 0.25) is 5.02 Å². The molecule has 1 atom stereocenters. The Bertz CT molecular complexity index is 589. The number of aliphatic hydroxyl groups is 1. The maximum absolute atomic E-state index is 9.61. The molecular weight excluding hydrogens is 354 g/mol. The fourth-order valence-corrected chi connectivity index (χ4v) is 2.53. The summed E-state index contributed by atoms with van der Waals surface area (Å²) in [6, 6.07) is 13.4. The van der Waals surface area contributed by atoms with Crippen LogP contribution in [0, 0.1) is 0 Å². The molecule has 0 aliphatic heterocycles. The normalized spacial score (nSPS) is 12.2. The first-order chi connectivity index (χ1) is 10.1. The van der Waals surface area contributed by atoms with Gasteiger partial charge in [0.2, 0.25) is 0 Å². The Hall–Kier alpha value is -1.07. The molecule has 2 N–H and O–H groups in total. The number of hydrogen-bond donors (Lipinski definition) is 2. The zero-order valence-electron chi connectivity index (χ0n) is 11.6. The van der Waals surface area contributed by atoms with Crippen LogP contribution >= 0.6 is 27.5 Å². The Morgan fingerprint density at radius 1 is 1.24 bits per heavy atom. The number of ether oxygens (including phenoxy) is 1. The van der Waals surface area contributed by atoms with Crippen molar-refractivity contribution in [3.63, 3.8) is 0 Å². The van der Waals surface area contributed by atoms with Gasteiger partial charge in [-0.05, 0) is 45.3 Å². The standard InChI is InChI=1S/C16H17BrClNO2/c1-21-10-11-2-4-12(5-3-11)16(9-20)19-13-6-7-15(18)14(17)8-13/h2-8,16,19-20H,9-10H2,1H3. The van der Waals surface area contributed by atoms with Gasteiger partial charge >= 0.3 is 0 Å². The molecule has 1 unspecified atom stereocenters. The van der Waals surface area contributed by atoms with E-state index in [-0.39, 0.29) is 12.6 Å².